The third kappa shape index (κ3) is 11.1. The Hall–Kier alpha value is -0.610. The Balaban J connectivity index is 0. The summed E-state index contributed by atoms with van der Waals surface area (Å²) >= 11 is 0. The van der Waals surface area contributed by atoms with Crippen LogP contribution in [0.2, 0.25) is 0 Å². The molecule has 4 nitrogen and oxygen atoms in total. The van der Waals surface area contributed by atoms with Crippen molar-refractivity contribution in [3.05, 3.63) is 0 Å². The minimum atomic E-state index is 0. The quantitative estimate of drug-likeness (QED) is 0.170. The number of rotatable bonds is 4. The molecule has 0 fully saturated rings. The van der Waals surface area contributed by atoms with E-state index < -0.39 is 0 Å². The van der Waals surface area contributed by atoms with Crippen LogP contribution >= 0.6 is 0 Å². The molecule has 0 aromatic carbocycles. The maximum absolute atomic E-state index is 4.91. The zero-order valence-corrected chi connectivity index (χ0v) is 5.93. The van der Waals surface area contributed by atoms with Gasteiger partial charge >= 0.3 is 0 Å². The number of hydrogen-bond donors (Lipinski definition) is 3. The molecule has 0 saturated heterocycles. The van der Waals surface area contributed by atoms with E-state index in [1.54, 1.807) is 0 Å². The first-order chi connectivity index (χ1) is 3.91. The second-order valence-electron chi connectivity index (χ2n) is 1.56. The van der Waals surface area contributed by atoms with Gasteiger partial charge in [-0.2, -0.15) is 0 Å². The van der Waals surface area contributed by atoms with Crippen molar-refractivity contribution in [1.29, 1.82) is 0 Å². The Kier molecular flexibility index (Phi) is 13.0. The van der Waals surface area contributed by atoms with Gasteiger partial charge in [-0.25, -0.2) is 5.84 Å². The van der Waals surface area contributed by atoms with E-state index in [9.17, 15) is 0 Å². The van der Waals surface area contributed by atoms with Gasteiger partial charge in [0.05, 0.1) is 6.34 Å². The minimum absolute atomic E-state index is 0. The standard InChI is InChI=1S/C5H13N3.H3N/c1-2-3-4-7-5-8-6;/h5H,2-4,6H2,1H3,(H,7,8);1H3. The number of aliphatic imine (C=N–C) groups is 1. The number of nitrogens with two attached hydrogens (primary N) is 1. The van der Waals surface area contributed by atoms with Crippen LogP contribution in [0.15, 0.2) is 4.99 Å². The first-order valence-corrected chi connectivity index (χ1v) is 2.86. The second-order valence-corrected chi connectivity index (χ2v) is 1.56. The summed E-state index contributed by atoms with van der Waals surface area (Å²) in [6, 6.07) is 0. The van der Waals surface area contributed by atoms with Gasteiger partial charge in [0.2, 0.25) is 0 Å². The number of nitrogens with zero attached hydrogens (tertiary/aromatic N) is 1. The average molecular weight is 132 g/mol. The van der Waals surface area contributed by atoms with Crippen molar-refractivity contribution in [2.75, 3.05) is 6.54 Å². The summed E-state index contributed by atoms with van der Waals surface area (Å²) in [7, 11) is 0. The molecule has 0 unspecified atom stereocenters. The summed E-state index contributed by atoms with van der Waals surface area (Å²) in [5, 5.41) is 0. The van der Waals surface area contributed by atoms with Gasteiger partial charge in [-0.3, -0.25) is 4.99 Å². The van der Waals surface area contributed by atoms with Gasteiger partial charge in [0.25, 0.3) is 0 Å². The molecule has 0 atom stereocenters. The van der Waals surface area contributed by atoms with Gasteiger partial charge in [0, 0.05) is 6.54 Å². The third-order valence-electron chi connectivity index (χ3n) is 0.807. The molecule has 0 spiro atoms. The van der Waals surface area contributed by atoms with Crippen LogP contribution in [0.3, 0.4) is 0 Å². The predicted octanol–water partition coefficient (Wildman–Crippen LogP) is 0.440. The van der Waals surface area contributed by atoms with Crippen LogP contribution < -0.4 is 17.4 Å². The van der Waals surface area contributed by atoms with Crippen molar-refractivity contribution in [2.45, 2.75) is 19.8 Å². The Morgan fingerprint density at radius 3 is 2.78 bits per heavy atom. The molecule has 0 aromatic heterocycles. The van der Waals surface area contributed by atoms with Crippen molar-refractivity contribution < 1.29 is 0 Å². The normalized spacial score (nSPS) is 9.11. The largest absolute Gasteiger partial charge is 0.344 e. The lowest BCUT2D eigenvalue weighted by Gasteiger charge is -1.87. The minimum Gasteiger partial charge on any atom is -0.344 e. The SMILES string of the molecule is CCCCN=CNN.N. The molecule has 0 rings (SSSR count). The molecule has 56 valence electrons. The second kappa shape index (κ2) is 10.4. The monoisotopic (exact) mass is 132 g/mol. The first kappa shape index (κ1) is 11.2. The molecule has 0 heterocycles. The van der Waals surface area contributed by atoms with Gasteiger partial charge in [-0.1, -0.05) is 13.3 Å². The third-order valence-corrected chi connectivity index (χ3v) is 0.807. The van der Waals surface area contributed by atoms with Gasteiger partial charge in [-0.05, 0) is 6.42 Å². The van der Waals surface area contributed by atoms with Crippen molar-refractivity contribution >= 4 is 6.34 Å². The van der Waals surface area contributed by atoms with E-state index in [1.807, 2.05) is 0 Å². The molecule has 6 N–H and O–H groups in total. The highest BCUT2D eigenvalue weighted by Crippen LogP contribution is 1.83. The summed E-state index contributed by atoms with van der Waals surface area (Å²) in [6.45, 7) is 3.01. The lowest BCUT2D eigenvalue weighted by Crippen LogP contribution is -2.19. The fourth-order valence-corrected chi connectivity index (χ4v) is 0.367. The number of hydrogen-bond acceptors (Lipinski definition) is 3. The lowest BCUT2D eigenvalue weighted by atomic mass is 10.3. The molecule has 0 aliphatic carbocycles. The fraction of sp³-hybridized carbons (Fsp3) is 0.800. The first-order valence-electron chi connectivity index (χ1n) is 2.86. The molecular weight excluding hydrogens is 116 g/mol. The smallest absolute Gasteiger partial charge is 0.0964 e. The van der Waals surface area contributed by atoms with Crippen LogP contribution in [-0.4, -0.2) is 12.9 Å². The molecule has 4 heteroatoms. The highest BCUT2D eigenvalue weighted by Gasteiger charge is 1.74. The Bertz CT molecular complexity index is 62.0. The van der Waals surface area contributed by atoms with Crippen molar-refractivity contribution in [2.24, 2.45) is 10.8 Å². The van der Waals surface area contributed by atoms with Crippen molar-refractivity contribution in [1.82, 2.24) is 11.6 Å². The maximum atomic E-state index is 4.91. The topological polar surface area (TPSA) is 85.4 Å². The van der Waals surface area contributed by atoms with Crippen LogP contribution in [0.1, 0.15) is 19.8 Å². The number of nitrogens with one attached hydrogen (secondary N) is 1. The van der Waals surface area contributed by atoms with Crippen LogP contribution in [0.4, 0.5) is 0 Å². The fourth-order valence-electron chi connectivity index (χ4n) is 0.367. The average Bonchev–Trinajstić information content (AvgIpc) is 1.81. The number of unbranched alkanes of at least 4 members (excludes halogenated alkanes) is 1. The van der Waals surface area contributed by atoms with E-state index in [4.69, 9.17) is 5.84 Å². The van der Waals surface area contributed by atoms with E-state index in [0.717, 1.165) is 13.0 Å². The van der Waals surface area contributed by atoms with Crippen LogP contribution in [0, 0.1) is 0 Å². The van der Waals surface area contributed by atoms with E-state index >= 15 is 0 Å². The van der Waals surface area contributed by atoms with Gasteiger partial charge in [0.1, 0.15) is 0 Å². The molecule has 0 aliphatic heterocycles. The molecule has 0 radical (unpaired) electrons. The van der Waals surface area contributed by atoms with Crippen molar-refractivity contribution in [3.8, 4) is 0 Å². The summed E-state index contributed by atoms with van der Waals surface area (Å²) in [5.41, 5.74) is 2.33. The van der Waals surface area contributed by atoms with Gasteiger partial charge in [-0.15, -0.1) is 0 Å². The van der Waals surface area contributed by atoms with Crippen LogP contribution in [-0.2, 0) is 0 Å². The van der Waals surface area contributed by atoms with E-state index in [-0.39, 0.29) is 6.15 Å². The Morgan fingerprint density at radius 2 is 2.33 bits per heavy atom. The number of hydrazine groups is 1. The van der Waals surface area contributed by atoms with Gasteiger partial charge < -0.3 is 11.6 Å². The molecule has 0 amide bonds. The zero-order chi connectivity index (χ0) is 6.24. The molecule has 0 aromatic rings. The van der Waals surface area contributed by atoms with Gasteiger partial charge in [0.15, 0.2) is 0 Å². The summed E-state index contributed by atoms with van der Waals surface area (Å²) in [5.74, 6) is 4.91. The predicted molar refractivity (Wildman–Crippen MR) is 40.6 cm³/mol. The van der Waals surface area contributed by atoms with Crippen LogP contribution in [0.25, 0.3) is 0 Å². The van der Waals surface area contributed by atoms with E-state index in [1.165, 1.54) is 12.8 Å². The molecule has 9 heavy (non-hydrogen) atoms. The zero-order valence-electron chi connectivity index (χ0n) is 5.93. The maximum Gasteiger partial charge on any atom is 0.0964 e. The summed E-state index contributed by atoms with van der Waals surface area (Å²) in [4.78, 5) is 3.92. The molecule has 0 bridgehead atoms. The summed E-state index contributed by atoms with van der Waals surface area (Å²) < 4.78 is 0. The highest BCUT2D eigenvalue weighted by atomic mass is 15.2. The summed E-state index contributed by atoms with van der Waals surface area (Å²) in [6.07, 6.45) is 3.83. The highest BCUT2D eigenvalue weighted by molar-refractivity contribution is 5.52. The Labute approximate surface area is 56.1 Å². The molecule has 0 aliphatic rings. The van der Waals surface area contributed by atoms with E-state index in [0.29, 0.717) is 0 Å². The molecular formula is C5H16N4. The lowest BCUT2D eigenvalue weighted by molar-refractivity contribution is 0.805. The van der Waals surface area contributed by atoms with Crippen molar-refractivity contribution in [3.63, 3.8) is 0 Å². The van der Waals surface area contributed by atoms with Crippen LogP contribution in [0.5, 0.6) is 0 Å². The molecule has 0 saturated carbocycles. The van der Waals surface area contributed by atoms with E-state index in [2.05, 4.69) is 17.3 Å². The Morgan fingerprint density at radius 1 is 1.67 bits per heavy atom.